The van der Waals surface area contributed by atoms with Crippen molar-refractivity contribution in [3.05, 3.63) is 218 Å². The van der Waals surface area contributed by atoms with Gasteiger partial charge in [-0.3, -0.25) is 4.98 Å². The van der Waals surface area contributed by atoms with E-state index in [0.29, 0.717) is 23.3 Å². The monoisotopic (exact) mass is 782 g/mol. The Morgan fingerprint density at radius 1 is 0.230 bits per heavy atom. The van der Waals surface area contributed by atoms with Gasteiger partial charge in [0, 0.05) is 44.6 Å². The molecule has 0 radical (unpaired) electrons. The zero-order valence-corrected chi connectivity index (χ0v) is 33.4. The summed E-state index contributed by atoms with van der Waals surface area (Å²) in [5.41, 5.74) is 14.4. The van der Waals surface area contributed by atoms with E-state index < -0.39 is 0 Å². The molecule has 0 bridgehead atoms. The minimum atomic E-state index is 0.598. The first-order valence-electron chi connectivity index (χ1n) is 20.3. The molecule has 0 aliphatic carbocycles. The normalized spacial score (nSPS) is 11.0. The van der Waals surface area contributed by atoms with E-state index in [-0.39, 0.29) is 0 Å². The number of aromatic nitrogens is 6. The molecule has 3 heterocycles. The number of rotatable bonds is 9. The van der Waals surface area contributed by atoms with Crippen molar-refractivity contribution in [2.45, 2.75) is 6.92 Å². The Balaban J connectivity index is 1.13. The first-order valence-corrected chi connectivity index (χ1v) is 20.3. The van der Waals surface area contributed by atoms with Gasteiger partial charge in [0.15, 0.2) is 23.3 Å². The molecule has 3 aromatic heterocycles. The fourth-order valence-corrected chi connectivity index (χ4v) is 7.59. The lowest BCUT2D eigenvalue weighted by Crippen LogP contribution is -2.00. The van der Waals surface area contributed by atoms with Crippen molar-refractivity contribution in [2.24, 2.45) is 0 Å². The van der Waals surface area contributed by atoms with Crippen molar-refractivity contribution < 1.29 is 0 Å². The fourth-order valence-electron chi connectivity index (χ4n) is 7.59. The predicted molar refractivity (Wildman–Crippen MR) is 247 cm³/mol. The third kappa shape index (κ3) is 7.98. The highest BCUT2D eigenvalue weighted by Gasteiger charge is 2.18. The maximum Gasteiger partial charge on any atom is 0.164 e. The zero-order chi connectivity index (χ0) is 41.0. The van der Waals surface area contributed by atoms with Crippen LogP contribution >= 0.6 is 0 Å². The minimum Gasteiger partial charge on any atom is -0.253 e. The summed E-state index contributed by atoms with van der Waals surface area (Å²) >= 11 is 0. The number of hydrogen-bond donors (Lipinski definition) is 0. The lowest BCUT2D eigenvalue weighted by atomic mass is 9.91. The second-order valence-electron chi connectivity index (χ2n) is 14.8. The van der Waals surface area contributed by atoms with Crippen molar-refractivity contribution in [2.75, 3.05) is 0 Å². The molecule has 6 heteroatoms. The molecule has 0 atom stereocenters. The molecule has 0 saturated heterocycles. The maximum atomic E-state index is 5.22. The van der Waals surface area contributed by atoms with Gasteiger partial charge < -0.3 is 0 Å². The summed E-state index contributed by atoms with van der Waals surface area (Å²) in [6.07, 6.45) is 0. The van der Waals surface area contributed by atoms with Crippen LogP contribution in [0.4, 0.5) is 0 Å². The van der Waals surface area contributed by atoms with Crippen molar-refractivity contribution in [1.29, 1.82) is 0 Å². The summed E-state index contributed by atoms with van der Waals surface area (Å²) in [7, 11) is 0. The fraction of sp³-hybridized carbons (Fsp3) is 0.0182. The summed E-state index contributed by atoms with van der Waals surface area (Å²) in [6.45, 7) is 2.02. The van der Waals surface area contributed by atoms with Crippen LogP contribution in [0.5, 0.6) is 0 Å². The van der Waals surface area contributed by atoms with Gasteiger partial charge in [0.05, 0.1) is 17.1 Å². The lowest BCUT2D eigenvalue weighted by Gasteiger charge is -2.15. The summed E-state index contributed by atoms with van der Waals surface area (Å²) in [4.78, 5) is 30.4. The van der Waals surface area contributed by atoms with Gasteiger partial charge in [0.25, 0.3) is 0 Å². The average molecular weight is 783 g/mol. The Bertz CT molecular complexity index is 3020. The topological polar surface area (TPSA) is 77.3 Å². The van der Waals surface area contributed by atoms with Crippen LogP contribution in [0, 0.1) is 6.92 Å². The van der Waals surface area contributed by atoms with E-state index in [0.717, 1.165) is 84.0 Å². The molecule has 0 fully saturated rings. The van der Waals surface area contributed by atoms with Gasteiger partial charge in [-0.2, -0.15) is 0 Å². The van der Waals surface area contributed by atoms with E-state index in [1.807, 2.05) is 110 Å². The van der Waals surface area contributed by atoms with Crippen molar-refractivity contribution >= 4 is 0 Å². The molecular formula is C55H38N6. The van der Waals surface area contributed by atoms with E-state index in [1.54, 1.807) is 0 Å². The second-order valence-corrected chi connectivity index (χ2v) is 14.8. The van der Waals surface area contributed by atoms with Crippen molar-refractivity contribution in [1.82, 2.24) is 29.9 Å². The number of pyridine rings is 1. The number of nitrogens with zero attached hydrogens (tertiary/aromatic N) is 6. The van der Waals surface area contributed by atoms with Crippen LogP contribution in [0.15, 0.2) is 212 Å². The molecule has 7 aromatic carbocycles. The molecule has 0 spiro atoms. The first-order chi connectivity index (χ1) is 30.1. The quantitative estimate of drug-likeness (QED) is 0.145. The molecule has 0 aliphatic heterocycles. The van der Waals surface area contributed by atoms with Gasteiger partial charge in [0.2, 0.25) is 0 Å². The molecule has 10 rings (SSSR count). The Morgan fingerprint density at radius 2 is 0.656 bits per heavy atom. The van der Waals surface area contributed by atoms with Crippen LogP contribution in [-0.4, -0.2) is 29.9 Å². The van der Waals surface area contributed by atoms with Crippen molar-refractivity contribution in [3.63, 3.8) is 0 Å². The van der Waals surface area contributed by atoms with E-state index >= 15 is 0 Å². The predicted octanol–water partition coefficient (Wildman–Crippen LogP) is 13.4. The molecule has 0 N–H and O–H groups in total. The molecule has 288 valence electrons. The summed E-state index contributed by atoms with van der Waals surface area (Å²) in [5.74, 6) is 2.49. The molecule has 0 aliphatic rings. The van der Waals surface area contributed by atoms with Gasteiger partial charge in [-0.05, 0) is 71.6 Å². The molecular weight excluding hydrogens is 745 g/mol. The van der Waals surface area contributed by atoms with Crippen LogP contribution in [0.3, 0.4) is 0 Å². The van der Waals surface area contributed by atoms with Crippen LogP contribution in [0.2, 0.25) is 0 Å². The maximum absolute atomic E-state index is 5.22. The highest BCUT2D eigenvalue weighted by Crippen LogP contribution is 2.38. The SMILES string of the molecule is Cc1cccc(-c2cc(-c3cccc(-c4nc(-c5ccccc5)nc(-c5ccccc5)n4)c3)cc(-c3ccccc3-c3nc(-c4ccccc4)cc(-c4ccccc4)n3)c2)n1. The molecule has 0 amide bonds. The lowest BCUT2D eigenvalue weighted by molar-refractivity contribution is 1.07. The average Bonchev–Trinajstić information content (AvgIpc) is 3.34. The molecule has 0 unspecified atom stereocenters. The van der Waals surface area contributed by atoms with E-state index in [4.69, 9.17) is 29.9 Å². The van der Waals surface area contributed by atoms with E-state index in [9.17, 15) is 0 Å². The van der Waals surface area contributed by atoms with E-state index in [1.165, 1.54) is 0 Å². The smallest absolute Gasteiger partial charge is 0.164 e. The zero-order valence-electron chi connectivity index (χ0n) is 33.4. The van der Waals surface area contributed by atoms with Crippen LogP contribution in [0.1, 0.15) is 5.69 Å². The van der Waals surface area contributed by atoms with Gasteiger partial charge in [-0.15, -0.1) is 0 Å². The second kappa shape index (κ2) is 16.6. The summed E-state index contributed by atoms with van der Waals surface area (Å²) in [5, 5.41) is 0. The molecule has 10 aromatic rings. The largest absolute Gasteiger partial charge is 0.253 e. The standard InChI is InChI=1S/C55H38N6/c1-37-18-16-31-49(56-37)46-34-44(42-27-17-28-43(32-42)54-60-52(40-23-10-4-11-24-40)59-53(61-54)41-25-12-5-13-26-41)33-45(35-46)47-29-14-15-30-48(47)55-57-50(38-19-6-2-7-20-38)36-51(58-55)39-21-8-3-9-22-39/h2-36H,1H3. The highest BCUT2D eigenvalue weighted by atomic mass is 15.0. The highest BCUT2D eigenvalue weighted by molar-refractivity contribution is 5.88. The van der Waals surface area contributed by atoms with Gasteiger partial charge in [-0.25, -0.2) is 24.9 Å². The van der Waals surface area contributed by atoms with Crippen LogP contribution in [0.25, 0.3) is 102 Å². The Kier molecular flexibility index (Phi) is 10.1. The summed E-state index contributed by atoms with van der Waals surface area (Å²) < 4.78 is 0. The van der Waals surface area contributed by atoms with Crippen LogP contribution < -0.4 is 0 Å². The number of hydrogen-bond acceptors (Lipinski definition) is 6. The summed E-state index contributed by atoms with van der Waals surface area (Å²) in [6, 6.07) is 72.4. The van der Waals surface area contributed by atoms with Crippen LogP contribution in [-0.2, 0) is 0 Å². The molecule has 0 saturated carbocycles. The third-order valence-electron chi connectivity index (χ3n) is 10.6. The Morgan fingerprint density at radius 3 is 1.23 bits per heavy atom. The molecule has 61 heavy (non-hydrogen) atoms. The Hall–Kier alpha value is -8.22. The minimum absolute atomic E-state index is 0.598. The van der Waals surface area contributed by atoms with Gasteiger partial charge in [-0.1, -0.05) is 170 Å². The molecule has 6 nitrogen and oxygen atoms in total. The third-order valence-corrected chi connectivity index (χ3v) is 10.6. The number of aryl methyl sites for hydroxylation is 1. The van der Waals surface area contributed by atoms with Crippen molar-refractivity contribution in [3.8, 4) is 102 Å². The van der Waals surface area contributed by atoms with Gasteiger partial charge >= 0.3 is 0 Å². The Labute approximate surface area is 355 Å². The number of benzene rings is 7. The first kappa shape index (κ1) is 37.1. The van der Waals surface area contributed by atoms with E-state index in [2.05, 4.69) is 109 Å². The van der Waals surface area contributed by atoms with Gasteiger partial charge in [0.1, 0.15) is 0 Å².